The van der Waals surface area contributed by atoms with Gasteiger partial charge in [0.1, 0.15) is 0 Å². The number of nitrogens with one attached hydrogen (secondary N) is 1. The zero-order valence-corrected chi connectivity index (χ0v) is 13.8. The monoisotopic (exact) mass is 345 g/mol. The minimum absolute atomic E-state index is 0.292. The first-order chi connectivity index (χ1) is 10.2. The zero-order chi connectivity index (χ0) is 14.7. The van der Waals surface area contributed by atoms with E-state index in [1.54, 1.807) is 0 Å². The Bertz CT molecular complexity index is 596. The second-order valence-electron chi connectivity index (χ2n) is 5.66. The maximum Gasteiger partial charge on any atom is 0.0721 e. The number of fused-ring (bicyclic) bond motifs is 1. The number of rotatable bonds is 4. The van der Waals surface area contributed by atoms with E-state index in [4.69, 9.17) is 4.74 Å². The zero-order valence-electron chi connectivity index (χ0n) is 12.2. The second-order valence-corrected chi connectivity index (χ2v) is 6.58. The summed E-state index contributed by atoms with van der Waals surface area (Å²) in [5.74, 6) is 0. The van der Waals surface area contributed by atoms with E-state index in [0.29, 0.717) is 12.1 Å². The second kappa shape index (κ2) is 6.73. The lowest BCUT2D eigenvalue weighted by molar-refractivity contribution is 0.0791. The molecule has 0 saturated carbocycles. The number of halogens is 1. The molecule has 0 fully saturated rings. The third-order valence-electron chi connectivity index (χ3n) is 3.91. The predicted molar refractivity (Wildman–Crippen MR) is 89.3 cm³/mol. The van der Waals surface area contributed by atoms with Gasteiger partial charge in [-0.1, -0.05) is 52.3 Å². The summed E-state index contributed by atoms with van der Waals surface area (Å²) in [5.41, 5.74) is 4.03. The topological polar surface area (TPSA) is 21.3 Å². The number of benzene rings is 2. The molecule has 2 atom stereocenters. The van der Waals surface area contributed by atoms with Gasteiger partial charge in [0.05, 0.1) is 19.3 Å². The predicted octanol–water partition coefficient (Wildman–Crippen LogP) is 4.24. The summed E-state index contributed by atoms with van der Waals surface area (Å²) in [7, 11) is 0. The molecule has 1 N–H and O–H groups in total. The highest BCUT2D eigenvalue weighted by Crippen LogP contribution is 2.25. The molecule has 0 amide bonds. The van der Waals surface area contributed by atoms with Crippen LogP contribution in [0.1, 0.15) is 29.7 Å². The number of hydrogen-bond acceptors (Lipinski definition) is 2. The number of ether oxygens (including phenoxy) is 1. The highest BCUT2D eigenvalue weighted by Gasteiger charge is 2.21. The van der Waals surface area contributed by atoms with Crippen molar-refractivity contribution in [2.75, 3.05) is 6.61 Å². The fourth-order valence-corrected chi connectivity index (χ4v) is 3.16. The van der Waals surface area contributed by atoms with Crippen LogP contribution in [0.15, 0.2) is 53.0 Å². The Balaban J connectivity index is 1.65. The van der Waals surface area contributed by atoms with Crippen LogP contribution >= 0.6 is 15.9 Å². The van der Waals surface area contributed by atoms with E-state index >= 15 is 0 Å². The molecule has 21 heavy (non-hydrogen) atoms. The first-order valence-corrected chi connectivity index (χ1v) is 8.18. The van der Waals surface area contributed by atoms with Gasteiger partial charge >= 0.3 is 0 Å². The molecule has 1 aliphatic rings. The van der Waals surface area contributed by atoms with Crippen LogP contribution in [0.25, 0.3) is 0 Å². The molecule has 110 valence electrons. The van der Waals surface area contributed by atoms with Crippen molar-refractivity contribution in [3.8, 4) is 0 Å². The fraction of sp³-hybridized carbons (Fsp3) is 0.333. The maximum absolute atomic E-state index is 5.71. The smallest absolute Gasteiger partial charge is 0.0721 e. The van der Waals surface area contributed by atoms with Crippen LogP contribution in [0.4, 0.5) is 0 Å². The molecule has 2 aromatic rings. The molecule has 2 aromatic carbocycles. The van der Waals surface area contributed by atoms with Gasteiger partial charge < -0.3 is 10.1 Å². The van der Waals surface area contributed by atoms with Crippen molar-refractivity contribution in [2.24, 2.45) is 0 Å². The van der Waals surface area contributed by atoms with Gasteiger partial charge in [0, 0.05) is 10.5 Å². The standard InChI is InChI=1S/C18H20BrNO/c1-13(10-14-6-8-16(19)9-7-14)20-18-12-21-11-15-4-2-3-5-17(15)18/h2-9,13,18,20H,10-12H2,1H3. The molecule has 0 saturated heterocycles. The van der Waals surface area contributed by atoms with Crippen molar-refractivity contribution in [1.82, 2.24) is 5.32 Å². The molecule has 1 aliphatic heterocycles. The van der Waals surface area contributed by atoms with Gasteiger partial charge in [-0.3, -0.25) is 0 Å². The normalized spacial score (nSPS) is 19.0. The third-order valence-corrected chi connectivity index (χ3v) is 4.44. The summed E-state index contributed by atoms with van der Waals surface area (Å²) >= 11 is 3.48. The number of hydrogen-bond donors (Lipinski definition) is 1. The molecule has 1 heterocycles. The van der Waals surface area contributed by atoms with Gasteiger partial charge in [0.2, 0.25) is 0 Å². The lowest BCUT2D eigenvalue weighted by atomic mass is 9.97. The SMILES string of the molecule is CC(Cc1ccc(Br)cc1)NC1COCc2ccccc21. The van der Waals surface area contributed by atoms with E-state index in [2.05, 4.69) is 76.7 Å². The van der Waals surface area contributed by atoms with Crippen molar-refractivity contribution < 1.29 is 4.74 Å². The first-order valence-electron chi connectivity index (χ1n) is 7.38. The summed E-state index contributed by atoms with van der Waals surface area (Å²) < 4.78 is 6.83. The van der Waals surface area contributed by atoms with Crippen molar-refractivity contribution >= 4 is 15.9 Å². The Labute approximate surface area is 134 Å². The molecule has 3 heteroatoms. The summed E-state index contributed by atoms with van der Waals surface area (Å²) in [5, 5.41) is 3.70. The van der Waals surface area contributed by atoms with Crippen LogP contribution in [-0.2, 0) is 17.8 Å². The van der Waals surface area contributed by atoms with Crippen LogP contribution in [0.2, 0.25) is 0 Å². The van der Waals surface area contributed by atoms with Gasteiger partial charge in [-0.15, -0.1) is 0 Å². The Kier molecular flexibility index (Phi) is 4.73. The molecular formula is C18H20BrNO. The fourth-order valence-electron chi connectivity index (χ4n) is 2.90. The molecule has 0 aromatic heterocycles. The Morgan fingerprint density at radius 2 is 1.95 bits per heavy atom. The van der Waals surface area contributed by atoms with Crippen LogP contribution < -0.4 is 5.32 Å². The molecule has 0 bridgehead atoms. The average Bonchev–Trinajstić information content (AvgIpc) is 2.50. The van der Waals surface area contributed by atoms with Crippen molar-refractivity contribution in [2.45, 2.75) is 32.0 Å². The Hall–Kier alpha value is -1.16. The van der Waals surface area contributed by atoms with E-state index in [9.17, 15) is 0 Å². The molecule has 2 nitrogen and oxygen atoms in total. The molecular weight excluding hydrogens is 326 g/mol. The molecule has 0 radical (unpaired) electrons. The minimum atomic E-state index is 0.292. The highest BCUT2D eigenvalue weighted by molar-refractivity contribution is 9.10. The van der Waals surface area contributed by atoms with Gasteiger partial charge in [-0.2, -0.15) is 0 Å². The molecule has 2 unspecified atom stereocenters. The van der Waals surface area contributed by atoms with E-state index in [0.717, 1.165) is 24.1 Å². The van der Waals surface area contributed by atoms with Crippen LogP contribution in [-0.4, -0.2) is 12.6 Å². The van der Waals surface area contributed by atoms with Crippen molar-refractivity contribution in [3.63, 3.8) is 0 Å². The van der Waals surface area contributed by atoms with Gasteiger partial charge in [0.25, 0.3) is 0 Å². The van der Waals surface area contributed by atoms with Crippen molar-refractivity contribution in [1.29, 1.82) is 0 Å². The third kappa shape index (κ3) is 3.73. The minimum Gasteiger partial charge on any atom is -0.375 e. The summed E-state index contributed by atoms with van der Waals surface area (Å²) in [4.78, 5) is 0. The lowest BCUT2D eigenvalue weighted by Gasteiger charge is -2.29. The van der Waals surface area contributed by atoms with Crippen molar-refractivity contribution in [3.05, 3.63) is 69.7 Å². The van der Waals surface area contributed by atoms with Gasteiger partial charge in [0.15, 0.2) is 0 Å². The maximum atomic E-state index is 5.71. The lowest BCUT2D eigenvalue weighted by Crippen LogP contribution is -2.36. The van der Waals surface area contributed by atoms with Gasteiger partial charge in [-0.25, -0.2) is 0 Å². The largest absolute Gasteiger partial charge is 0.375 e. The summed E-state index contributed by atoms with van der Waals surface area (Å²) in [6.07, 6.45) is 1.02. The van der Waals surface area contributed by atoms with Crippen LogP contribution in [0, 0.1) is 0 Å². The Morgan fingerprint density at radius 1 is 1.19 bits per heavy atom. The Morgan fingerprint density at radius 3 is 2.76 bits per heavy atom. The van der Waals surface area contributed by atoms with Crippen LogP contribution in [0.3, 0.4) is 0 Å². The summed E-state index contributed by atoms with van der Waals surface area (Å²) in [6, 6.07) is 17.8. The molecule has 0 aliphatic carbocycles. The van der Waals surface area contributed by atoms with E-state index < -0.39 is 0 Å². The van der Waals surface area contributed by atoms with E-state index in [1.165, 1.54) is 16.7 Å². The summed E-state index contributed by atoms with van der Waals surface area (Å²) in [6.45, 7) is 3.72. The van der Waals surface area contributed by atoms with Gasteiger partial charge in [-0.05, 0) is 42.2 Å². The average molecular weight is 346 g/mol. The van der Waals surface area contributed by atoms with Crippen LogP contribution in [0.5, 0.6) is 0 Å². The first kappa shape index (κ1) is 14.8. The van der Waals surface area contributed by atoms with E-state index in [-0.39, 0.29) is 0 Å². The van der Waals surface area contributed by atoms with E-state index in [1.807, 2.05) is 0 Å². The molecule has 3 rings (SSSR count). The quantitative estimate of drug-likeness (QED) is 0.894. The molecule has 0 spiro atoms. The highest BCUT2D eigenvalue weighted by atomic mass is 79.9.